The average Bonchev–Trinajstić information content (AvgIpc) is 2.82. The fourth-order valence-electron chi connectivity index (χ4n) is 7.03. The number of anilines is 1. The molecule has 1 N–H and O–H groups in total. The molecule has 3 nitrogen and oxygen atoms in total. The van der Waals surface area contributed by atoms with E-state index in [0.29, 0.717) is 11.5 Å². The van der Waals surface area contributed by atoms with E-state index in [1.165, 1.54) is 81.3 Å². The first-order valence-electron chi connectivity index (χ1n) is 13.3. The number of fused-ring (bicyclic) bond motifs is 1. The molecule has 0 spiro atoms. The van der Waals surface area contributed by atoms with Crippen molar-refractivity contribution in [3.05, 3.63) is 59.2 Å². The van der Waals surface area contributed by atoms with Crippen molar-refractivity contribution in [2.24, 2.45) is 11.8 Å². The molecule has 0 aromatic heterocycles. The van der Waals surface area contributed by atoms with Crippen LogP contribution in [-0.2, 0) is 12.0 Å². The van der Waals surface area contributed by atoms with Crippen LogP contribution in [0.5, 0.6) is 5.75 Å². The van der Waals surface area contributed by atoms with Crippen molar-refractivity contribution >= 4 is 5.69 Å². The Morgan fingerprint density at radius 2 is 1.82 bits per heavy atom. The first kappa shape index (κ1) is 22.8. The largest absolute Gasteiger partial charge is 0.497 e. The predicted molar refractivity (Wildman–Crippen MR) is 138 cm³/mol. The van der Waals surface area contributed by atoms with Crippen LogP contribution in [0.4, 0.5) is 5.69 Å². The summed E-state index contributed by atoms with van der Waals surface area (Å²) in [4.78, 5) is 2.86. The molecular formula is C30H42N2O. The zero-order chi connectivity index (χ0) is 22.8. The number of methoxy groups -OCH3 is 1. The third-order valence-corrected chi connectivity index (χ3v) is 9.25. The van der Waals surface area contributed by atoms with E-state index in [9.17, 15) is 0 Å². The SMILES string of the molecule is COc1ccc(CNc2ccc(C)c([C@@]34CCCCC3[C@@H](C)N(CC3CCC3)CC4)c2)cc1. The summed E-state index contributed by atoms with van der Waals surface area (Å²) in [5.41, 5.74) is 6.01. The lowest BCUT2D eigenvalue weighted by Crippen LogP contribution is -2.57. The highest BCUT2D eigenvalue weighted by molar-refractivity contribution is 5.52. The van der Waals surface area contributed by atoms with Gasteiger partial charge in [0, 0.05) is 30.2 Å². The Hall–Kier alpha value is -2.00. The monoisotopic (exact) mass is 446 g/mol. The number of benzene rings is 2. The highest BCUT2D eigenvalue weighted by Crippen LogP contribution is 2.52. The van der Waals surface area contributed by atoms with E-state index in [1.807, 2.05) is 12.1 Å². The molecule has 2 saturated carbocycles. The normalized spacial score (nSPS) is 28.1. The number of ether oxygens (including phenoxy) is 1. The number of aryl methyl sites for hydroxylation is 1. The number of rotatable bonds is 7. The van der Waals surface area contributed by atoms with E-state index in [1.54, 1.807) is 12.7 Å². The Kier molecular flexibility index (Phi) is 6.69. The van der Waals surface area contributed by atoms with Crippen LogP contribution in [0.15, 0.2) is 42.5 Å². The van der Waals surface area contributed by atoms with E-state index in [4.69, 9.17) is 4.74 Å². The summed E-state index contributed by atoms with van der Waals surface area (Å²) >= 11 is 0. The molecule has 2 aliphatic carbocycles. The topological polar surface area (TPSA) is 24.5 Å². The standard InChI is InChI=1S/C30H42N2O/c1-22-10-13-26(31-20-24-11-14-27(33-3)15-12-24)19-29(22)30-16-5-4-9-28(30)23(2)32(18-17-30)21-25-7-6-8-25/h10-15,19,23,25,28,31H,4-9,16-18,20-21H2,1-3H3/t23-,28?,30-/m1/s1. The van der Waals surface area contributed by atoms with Gasteiger partial charge in [0.2, 0.25) is 0 Å². The van der Waals surface area contributed by atoms with E-state index < -0.39 is 0 Å². The Balaban J connectivity index is 1.36. The number of nitrogens with zero attached hydrogens (tertiary/aromatic N) is 1. The molecule has 0 bridgehead atoms. The second-order valence-corrected chi connectivity index (χ2v) is 11.0. The summed E-state index contributed by atoms with van der Waals surface area (Å²) in [5.74, 6) is 2.67. The molecule has 1 heterocycles. The molecule has 33 heavy (non-hydrogen) atoms. The molecule has 2 aromatic carbocycles. The smallest absolute Gasteiger partial charge is 0.118 e. The maximum Gasteiger partial charge on any atom is 0.118 e. The fourth-order valence-corrected chi connectivity index (χ4v) is 7.03. The van der Waals surface area contributed by atoms with Gasteiger partial charge < -0.3 is 15.0 Å². The van der Waals surface area contributed by atoms with Gasteiger partial charge in [-0.25, -0.2) is 0 Å². The van der Waals surface area contributed by atoms with E-state index in [2.05, 4.69) is 54.4 Å². The van der Waals surface area contributed by atoms with Gasteiger partial charge in [-0.15, -0.1) is 0 Å². The van der Waals surface area contributed by atoms with Crippen LogP contribution < -0.4 is 10.1 Å². The molecule has 3 heteroatoms. The maximum atomic E-state index is 5.30. The first-order valence-corrected chi connectivity index (χ1v) is 13.3. The van der Waals surface area contributed by atoms with Gasteiger partial charge in [-0.3, -0.25) is 0 Å². The van der Waals surface area contributed by atoms with Gasteiger partial charge in [-0.05, 0) is 105 Å². The highest BCUT2D eigenvalue weighted by atomic mass is 16.5. The molecule has 3 aliphatic rings. The second kappa shape index (κ2) is 9.70. The lowest BCUT2D eigenvalue weighted by molar-refractivity contribution is -0.00649. The third-order valence-electron chi connectivity index (χ3n) is 9.25. The van der Waals surface area contributed by atoms with Crippen LogP contribution in [0.2, 0.25) is 0 Å². The Labute approximate surface area is 200 Å². The molecule has 1 saturated heterocycles. The van der Waals surface area contributed by atoms with E-state index in [-0.39, 0.29) is 0 Å². The first-order chi connectivity index (χ1) is 16.1. The number of likely N-dealkylation sites (tertiary alicyclic amines) is 1. The molecular weight excluding hydrogens is 404 g/mol. The molecule has 3 fully saturated rings. The van der Waals surface area contributed by atoms with Crippen LogP contribution in [0.1, 0.15) is 75.0 Å². The molecule has 0 radical (unpaired) electrons. The minimum atomic E-state index is 0.357. The molecule has 1 aliphatic heterocycles. The number of hydrogen-bond acceptors (Lipinski definition) is 3. The Bertz CT molecular complexity index is 935. The Morgan fingerprint density at radius 1 is 1.00 bits per heavy atom. The van der Waals surface area contributed by atoms with Gasteiger partial charge >= 0.3 is 0 Å². The summed E-state index contributed by atoms with van der Waals surface area (Å²) in [5, 5.41) is 3.71. The molecule has 2 aromatic rings. The van der Waals surface area contributed by atoms with Crippen molar-refractivity contribution in [3.63, 3.8) is 0 Å². The van der Waals surface area contributed by atoms with Crippen molar-refractivity contribution < 1.29 is 4.74 Å². The summed E-state index contributed by atoms with van der Waals surface area (Å²) < 4.78 is 5.30. The quantitative estimate of drug-likeness (QED) is 0.499. The summed E-state index contributed by atoms with van der Waals surface area (Å²) in [7, 11) is 1.72. The van der Waals surface area contributed by atoms with Gasteiger partial charge in [0.05, 0.1) is 7.11 Å². The summed E-state index contributed by atoms with van der Waals surface area (Å²) in [6.07, 6.45) is 11.2. The van der Waals surface area contributed by atoms with Gasteiger partial charge in [0.25, 0.3) is 0 Å². The summed E-state index contributed by atoms with van der Waals surface area (Å²) in [6, 6.07) is 16.2. The minimum absolute atomic E-state index is 0.357. The zero-order valence-corrected chi connectivity index (χ0v) is 20.9. The van der Waals surface area contributed by atoms with Crippen molar-refractivity contribution in [3.8, 4) is 5.75 Å². The predicted octanol–water partition coefficient (Wildman–Crippen LogP) is 6.94. The van der Waals surface area contributed by atoms with Crippen molar-refractivity contribution in [2.45, 2.75) is 83.2 Å². The number of nitrogens with one attached hydrogen (secondary N) is 1. The molecule has 1 unspecified atom stereocenters. The van der Waals surface area contributed by atoms with Gasteiger partial charge in [0.1, 0.15) is 5.75 Å². The second-order valence-electron chi connectivity index (χ2n) is 11.0. The third kappa shape index (κ3) is 4.54. The summed E-state index contributed by atoms with van der Waals surface area (Å²) in [6.45, 7) is 8.35. The molecule has 0 amide bonds. The van der Waals surface area contributed by atoms with Gasteiger partial charge in [-0.1, -0.05) is 37.5 Å². The van der Waals surface area contributed by atoms with Crippen LogP contribution in [0.3, 0.4) is 0 Å². The van der Waals surface area contributed by atoms with E-state index in [0.717, 1.165) is 24.1 Å². The maximum absolute atomic E-state index is 5.30. The fraction of sp³-hybridized carbons (Fsp3) is 0.600. The lowest BCUT2D eigenvalue weighted by Gasteiger charge is -2.56. The van der Waals surface area contributed by atoms with Crippen LogP contribution in [0, 0.1) is 18.8 Å². The highest BCUT2D eigenvalue weighted by Gasteiger charge is 2.49. The molecule has 178 valence electrons. The van der Waals surface area contributed by atoms with Crippen LogP contribution >= 0.6 is 0 Å². The van der Waals surface area contributed by atoms with Crippen LogP contribution in [0.25, 0.3) is 0 Å². The number of hydrogen-bond donors (Lipinski definition) is 1. The van der Waals surface area contributed by atoms with Crippen molar-refractivity contribution in [2.75, 3.05) is 25.5 Å². The molecule has 3 atom stereocenters. The van der Waals surface area contributed by atoms with Crippen molar-refractivity contribution in [1.29, 1.82) is 0 Å². The Morgan fingerprint density at radius 3 is 2.55 bits per heavy atom. The minimum Gasteiger partial charge on any atom is -0.497 e. The van der Waals surface area contributed by atoms with Crippen molar-refractivity contribution in [1.82, 2.24) is 4.90 Å². The van der Waals surface area contributed by atoms with Gasteiger partial charge in [0.15, 0.2) is 0 Å². The lowest BCUT2D eigenvalue weighted by atomic mass is 9.56. The van der Waals surface area contributed by atoms with Gasteiger partial charge in [-0.2, -0.15) is 0 Å². The van der Waals surface area contributed by atoms with E-state index >= 15 is 0 Å². The molecule has 5 rings (SSSR count). The van der Waals surface area contributed by atoms with Crippen LogP contribution in [-0.4, -0.2) is 31.1 Å². The average molecular weight is 447 g/mol. The number of piperidine rings is 1. The zero-order valence-electron chi connectivity index (χ0n) is 20.9.